The number of hydrogen-bond acceptors (Lipinski definition) is 2. The van der Waals surface area contributed by atoms with Crippen LogP contribution in [-0.2, 0) is 11.2 Å². The second-order valence-corrected chi connectivity index (χ2v) is 4.34. The molecule has 0 atom stereocenters. The minimum absolute atomic E-state index is 0.224. The molecule has 0 aromatic heterocycles. The van der Waals surface area contributed by atoms with Gasteiger partial charge in [-0.3, -0.25) is 4.79 Å². The van der Waals surface area contributed by atoms with Crippen molar-refractivity contribution in [1.29, 1.82) is 0 Å². The molecule has 0 radical (unpaired) electrons. The van der Waals surface area contributed by atoms with Gasteiger partial charge in [-0.15, -0.1) is 0 Å². The fourth-order valence-corrected chi connectivity index (χ4v) is 1.79. The maximum absolute atomic E-state index is 11.9. The first-order valence-electron chi connectivity index (χ1n) is 5.97. The molecule has 92 valence electrons. The normalized spacial score (nSPS) is 10.1. The molecule has 0 spiro atoms. The zero-order chi connectivity index (χ0) is 13.0. The zero-order valence-corrected chi connectivity index (χ0v) is 10.6. The van der Waals surface area contributed by atoms with Gasteiger partial charge in [-0.2, -0.15) is 0 Å². The van der Waals surface area contributed by atoms with Crippen molar-refractivity contribution in [3.8, 4) is 5.75 Å². The average molecular weight is 240 g/mol. The van der Waals surface area contributed by atoms with Crippen LogP contribution in [0.25, 0.3) is 0 Å². The summed E-state index contributed by atoms with van der Waals surface area (Å²) in [4.78, 5) is 11.9. The van der Waals surface area contributed by atoms with E-state index in [0.29, 0.717) is 12.2 Å². The summed E-state index contributed by atoms with van der Waals surface area (Å²) in [5.41, 5.74) is 3.09. The van der Waals surface area contributed by atoms with E-state index in [0.717, 1.165) is 16.7 Å². The van der Waals surface area contributed by atoms with Crippen LogP contribution in [0, 0.1) is 13.8 Å². The Bertz CT molecular complexity index is 509. The van der Waals surface area contributed by atoms with Crippen LogP contribution in [0.15, 0.2) is 48.5 Å². The number of hydrogen-bond donors (Lipinski definition) is 0. The van der Waals surface area contributed by atoms with E-state index in [4.69, 9.17) is 4.74 Å². The smallest absolute Gasteiger partial charge is 0.315 e. The van der Waals surface area contributed by atoms with Crippen molar-refractivity contribution >= 4 is 5.97 Å². The zero-order valence-electron chi connectivity index (χ0n) is 10.6. The van der Waals surface area contributed by atoms with Gasteiger partial charge in [0.2, 0.25) is 0 Å². The molecule has 0 bridgehead atoms. The van der Waals surface area contributed by atoms with Gasteiger partial charge in [0.1, 0.15) is 5.75 Å². The van der Waals surface area contributed by atoms with E-state index in [1.165, 1.54) is 0 Å². The predicted molar refractivity (Wildman–Crippen MR) is 71.7 cm³/mol. The average Bonchev–Trinajstić information content (AvgIpc) is 2.35. The SMILES string of the molecule is Cc1ccccc1CC(=O)Oc1ccccc1C. The predicted octanol–water partition coefficient (Wildman–Crippen LogP) is 3.45. The summed E-state index contributed by atoms with van der Waals surface area (Å²) < 4.78 is 5.37. The Morgan fingerprint density at radius 2 is 1.56 bits per heavy atom. The van der Waals surface area contributed by atoms with Gasteiger partial charge in [0, 0.05) is 0 Å². The molecule has 0 aliphatic carbocycles. The van der Waals surface area contributed by atoms with Crippen molar-refractivity contribution in [3.05, 3.63) is 65.2 Å². The lowest BCUT2D eigenvalue weighted by atomic mass is 10.1. The monoisotopic (exact) mass is 240 g/mol. The Labute approximate surface area is 107 Å². The molecule has 0 heterocycles. The van der Waals surface area contributed by atoms with Gasteiger partial charge in [0.05, 0.1) is 6.42 Å². The standard InChI is InChI=1S/C16H16O2/c1-12-7-3-5-9-14(12)11-16(17)18-15-10-6-4-8-13(15)2/h3-10H,11H2,1-2H3. The van der Waals surface area contributed by atoms with E-state index >= 15 is 0 Å². The van der Waals surface area contributed by atoms with E-state index in [9.17, 15) is 4.79 Å². The number of aryl methyl sites for hydroxylation is 2. The molecule has 0 unspecified atom stereocenters. The third-order valence-corrected chi connectivity index (χ3v) is 2.91. The second kappa shape index (κ2) is 5.50. The molecule has 0 aliphatic heterocycles. The molecule has 2 heteroatoms. The minimum Gasteiger partial charge on any atom is -0.426 e. The van der Waals surface area contributed by atoms with Crippen molar-refractivity contribution in [1.82, 2.24) is 0 Å². The van der Waals surface area contributed by atoms with E-state index in [1.807, 2.05) is 62.4 Å². The molecule has 2 rings (SSSR count). The quantitative estimate of drug-likeness (QED) is 0.606. The number of rotatable bonds is 3. The number of esters is 1. The number of ether oxygens (including phenoxy) is 1. The highest BCUT2D eigenvalue weighted by molar-refractivity contribution is 5.75. The number of para-hydroxylation sites is 1. The lowest BCUT2D eigenvalue weighted by Crippen LogP contribution is -2.12. The van der Waals surface area contributed by atoms with Crippen LogP contribution in [0.2, 0.25) is 0 Å². The molecule has 0 N–H and O–H groups in total. The number of carbonyl (C=O) groups is 1. The van der Waals surface area contributed by atoms with Gasteiger partial charge in [-0.25, -0.2) is 0 Å². The first-order chi connectivity index (χ1) is 8.66. The summed E-state index contributed by atoms with van der Waals surface area (Å²) in [6.45, 7) is 3.92. The molecule has 2 aromatic carbocycles. The van der Waals surface area contributed by atoms with Crippen molar-refractivity contribution in [2.24, 2.45) is 0 Å². The first-order valence-corrected chi connectivity index (χ1v) is 5.97. The molecule has 0 fully saturated rings. The molecule has 0 aliphatic rings. The third-order valence-electron chi connectivity index (χ3n) is 2.91. The fourth-order valence-electron chi connectivity index (χ4n) is 1.79. The summed E-state index contributed by atoms with van der Waals surface area (Å²) in [5, 5.41) is 0. The summed E-state index contributed by atoms with van der Waals surface area (Å²) in [6.07, 6.45) is 0.307. The Morgan fingerprint density at radius 1 is 0.944 bits per heavy atom. The van der Waals surface area contributed by atoms with Crippen molar-refractivity contribution in [2.45, 2.75) is 20.3 Å². The highest BCUT2D eigenvalue weighted by Gasteiger charge is 2.09. The molecule has 0 amide bonds. The first kappa shape index (κ1) is 12.4. The Balaban J connectivity index is 2.06. The lowest BCUT2D eigenvalue weighted by molar-refractivity contribution is -0.133. The van der Waals surface area contributed by atoms with Crippen LogP contribution in [0.1, 0.15) is 16.7 Å². The third kappa shape index (κ3) is 2.98. The van der Waals surface area contributed by atoms with Crippen molar-refractivity contribution in [3.63, 3.8) is 0 Å². The lowest BCUT2D eigenvalue weighted by Gasteiger charge is -2.08. The highest BCUT2D eigenvalue weighted by atomic mass is 16.5. The summed E-state index contributed by atoms with van der Waals surface area (Å²) in [7, 11) is 0. The van der Waals surface area contributed by atoms with Crippen LogP contribution in [0.5, 0.6) is 5.75 Å². The molecule has 18 heavy (non-hydrogen) atoms. The minimum atomic E-state index is -0.224. The van der Waals surface area contributed by atoms with Gasteiger partial charge >= 0.3 is 5.97 Å². The van der Waals surface area contributed by atoms with Crippen molar-refractivity contribution < 1.29 is 9.53 Å². The molecule has 0 saturated carbocycles. The Hall–Kier alpha value is -2.09. The molecular formula is C16H16O2. The van der Waals surface area contributed by atoms with Gasteiger partial charge < -0.3 is 4.74 Å². The van der Waals surface area contributed by atoms with Crippen LogP contribution in [0.4, 0.5) is 0 Å². The summed E-state index contributed by atoms with van der Waals surface area (Å²) in [5.74, 6) is 0.412. The largest absolute Gasteiger partial charge is 0.426 e. The van der Waals surface area contributed by atoms with E-state index in [2.05, 4.69) is 0 Å². The topological polar surface area (TPSA) is 26.3 Å². The van der Waals surface area contributed by atoms with Crippen molar-refractivity contribution in [2.75, 3.05) is 0 Å². The van der Waals surface area contributed by atoms with Crippen LogP contribution in [0.3, 0.4) is 0 Å². The summed E-state index contributed by atoms with van der Waals surface area (Å²) >= 11 is 0. The van der Waals surface area contributed by atoms with E-state index in [1.54, 1.807) is 0 Å². The molecule has 0 saturated heterocycles. The highest BCUT2D eigenvalue weighted by Crippen LogP contribution is 2.17. The van der Waals surface area contributed by atoms with E-state index < -0.39 is 0 Å². The van der Waals surface area contributed by atoms with Gasteiger partial charge in [-0.05, 0) is 36.6 Å². The Kier molecular flexibility index (Phi) is 3.78. The molecular weight excluding hydrogens is 224 g/mol. The van der Waals surface area contributed by atoms with Crippen LogP contribution in [-0.4, -0.2) is 5.97 Å². The number of benzene rings is 2. The second-order valence-electron chi connectivity index (χ2n) is 4.34. The fraction of sp³-hybridized carbons (Fsp3) is 0.188. The maximum atomic E-state index is 11.9. The molecule has 2 nitrogen and oxygen atoms in total. The van der Waals surface area contributed by atoms with Crippen LogP contribution < -0.4 is 4.74 Å². The van der Waals surface area contributed by atoms with Gasteiger partial charge in [-0.1, -0.05) is 42.5 Å². The maximum Gasteiger partial charge on any atom is 0.315 e. The van der Waals surface area contributed by atoms with Gasteiger partial charge in [0.15, 0.2) is 0 Å². The number of carbonyl (C=O) groups excluding carboxylic acids is 1. The Morgan fingerprint density at radius 3 is 2.22 bits per heavy atom. The molecule has 2 aromatic rings. The van der Waals surface area contributed by atoms with Gasteiger partial charge in [0.25, 0.3) is 0 Å². The summed E-state index contributed by atoms with van der Waals surface area (Å²) in [6, 6.07) is 15.4. The van der Waals surface area contributed by atoms with Crippen LogP contribution >= 0.6 is 0 Å². The van der Waals surface area contributed by atoms with E-state index in [-0.39, 0.29) is 5.97 Å².